The number of rotatable bonds is 14. The molecule has 5 nitrogen and oxygen atoms in total. The van der Waals surface area contributed by atoms with E-state index < -0.39 is 24.1 Å². The van der Waals surface area contributed by atoms with Crippen LogP contribution in [0, 0.1) is 0 Å². The van der Waals surface area contributed by atoms with Gasteiger partial charge >= 0.3 is 11.9 Å². The number of benzene rings is 2. The molecule has 0 saturated heterocycles. The molecule has 5 heteroatoms. The topological polar surface area (TPSA) is 61.8 Å². The fraction of sp³-hybridized carbons (Fsp3) is 0.462. The molecular formula is C26H34O5. The van der Waals surface area contributed by atoms with E-state index in [-0.39, 0.29) is 0 Å². The molecule has 0 saturated carbocycles. The zero-order chi connectivity index (χ0) is 22.3. The minimum atomic E-state index is -0.773. The van der Waals surface area contributed by atoms with E-state index in [1.807, 2.05) is 74.5 Å². The lowest BCUT2D eigenvalue weighted by Crippen LogP contribution is -2.34. The number of hydrogen-bond acceptors (Lipinski definition) is 5. The van der Waals surface area contributed by atoms with Gasteiger partial charge in [0.25, 0.3) is 0 Å². The van der Waals surface area contributed by atoms with E-state index >= 15 is 0 Å². The van der Waals surface area contributed by atoms with Crippen molar-refractivity contribution in [2.75, 3.05) is 0 Å². The number of unbranched alkanes of at least 4 members (excludes halogenated alkanes) is 2. The summed E-state index contributed by atoms with van der Waals surface area (Å²) in [5.74, 6) is -1.28. The lowest BCUT2D eigenvalue weighted by Gasteiger charge is -2.19. The molecule has 0 aromatic heterocycles. The van der Waals surface area contributed by atoms with E-state index in [4.69, 9.17) is 14.2 Å². The van der Waals surface area contributed by atoms with Gasteiger partial charge in [-0.05, 0) is 24.0 Å². The second-order valence-corrected chi connectivity index (χ2v) is 7.60. The minimum absolute atomic E-state index is 0.294. The van der Waals surface area contributed by atoms with Crippen molar-refractivity contribution >= 4 is 11.9 Å². The highest BCUT2D eigenvalue weighted by Gasteiger charge is 2.28. The van der Waals surface area contributed by atoms with Crippen LogP contribution in [0.3, 0.4) is 0 Å². The summed E-state index contributed by atoms with van der Waals surface area (Å²) in [7, 11) is 0. The second-order valence-electron chi connectivity index (χ2n) is 7.60. The number of carbonyl (C=O) groups excluding carboxylic acids is 2. The summed E-state index contributed by atoms with van der Waals surface area (Å²) < 4.78 is 16.8. The lowest BCUT2D eigenvalue weighted by molar-refractivity contribution is -0.177. The van der Waals surface area contributed by atoms with E-state index in [0.717, 1.165) is 36.8 Å². The van der Waals surface area contributed by atoms with Gasteiger partial charge < -0.3 is 14.2 Å². The first kappa shape index (κ1) is 24.8. The number of esters is 2. The maximum absolute atomic E-state index is 12.7. The Balaban J connectivity index is 1.95. The summed E-state index contributed by atoms with van der Waals surface area (Å²) in [5, 5.41) is 0. The fourth-order valence-corrected chi connectivity index (χ4v) is 3.09. The van der Waals surface area contributed by atoms with Crippen molar-refractivity contribution in [2.45, 2.75) is 77.8 Å². The first-order chi connectivity index (χ1) is 15.1. The third kappa shape index (κ3) is 9.45. The van der Waals surface area contributed by atoms with Crippen LogP contribution in [0.4, 0.5) is 0 Å². The van der Waals surface area contributed by atoms with Crippen molar-refractivity contribution in [3.05, 3.63) is 71.8 Å². The molecule has 0 aliphatic carbocycles. The molecule has 0 spiro atoms. The zero-order valence-corrected chi connectivity index (χ0v) is 18.6. The summed E-state index contributed by atoms with van der Waals surface area (Å²) in [6.07, 6.45) is 2.95. The third-order valence-corrected chi connectivity index (χ3v) is 4.95. The number of hydrogen-bond donors (Lipinski definition) is 0. The fourth-order valence-electron chi connectivity index (χ4n) is 3.09. The summed E-state index contributed by atoms with van der Waals surface area (Å²) in [6, 6.07) is 19.3. The highest BCUT2D eigenvalue weighted by atomic mass is 16.6. The van der Waals surface area contributed by atoms with Gasteiger partial charge in [0.15, 0.2) is 12.2 Å². The first-order valence-electron chi connectivity index (χ1n) is 11.2. The van der Waals surface area contributed by atoms with E-state index in [1.54, 1.807) is 0 Å². The van der Waals surface area contributed by atoms with Crippen LogP contribution in [0.5, 0.6) is 0 Å². The molecule has 0 N–H and O–H groups in total. The van der Waals surface area contributed by atoms with Crippen molar-refractivity contribution in [2.24, 2.45) is 0 Å². The molecule has 0 amide bonds. The van der Waals surface area contributed by atoms with Gasteiger partial charge in [0.1, 0.15) is 0 Å². The number of carbonyl (C=O) groups is 2. The SMILES string of the molecule is CCCCC(OCc1ccccc1)C(=O)OC(=O)C(CCCC)OCc1ccccc1. The molecule has 168 valence electrons. The van der Waals surface area contributed by atoms with Gasteiger partial charge in [-0.15, -0.1) is 0 Å². The van der Waals surface area contributed by atoms with E-state index in [9.17, 15) is 9.59 Å². The Hall–Kier alpha value is -2.50. The molecule has 0 fully saturated rings. The predicted molar refractivity (Wildman–Crippen MR) is 120 cm³/mol. The van der Waals surface area contributed by atoms with E-state index in [0.29, 0.717) is 26.1 Å². The summed E-state index contributed by atoms with van der Waals surface area (Å²) in [5.41, 5.74) is 1.94. The van der Waals surface area contributed by atoms with Crippen molar-refractivity contribution in [1.82, 2.24) is 0 Å². The summed E-state index contributed by atoms with van der Waals surface area (Å²) in [4.78, 5) is 25.4. The minimum Gasteiger partial charge on any atom is -0.389 e. The Morgan fingerprint density at radius 1 is 0.677 bits per heavy atom. The van der Waals surface area contributed by atoms with Crippen LogP contribution in [-0.4, -0.2) is 24.1 Å². The molecule has 0 aliphatic heterocycles. The van der Waals surface area contributed by atoms with Gasteiger partial charge in [-0.3, -0.25) is 0 Å². The van der Waals surface area contributed by atoms with Crippen LogP contribution in [0.25, 0.3) is 0 Å². The van der Waals surface area contributed by atoms with Gasteiger partial charge in [-0.25, -0.2) is 9.59 Å². The zero-order valence-electron chi connectivity index (χ0n) is 18.6. The molecule has 2 unspecified atom stereocenters. The van der Waals surface area contributed by atoms with Crippen LogP contribution in [-0.2, 0) is 37.0 Å². The molecule has 0 radical (unpaired) electrons. The van der Waals surface area contributed by atoms with Crippen molar-refractivity contribution in [3.8, 4) is 0 Å². The Morgan fingerprint density at radius 3 is 1.42 bits per heavy atom. The third-order valence-electron chi connectivity index (χ3n) is 4.95. The maximum atomic E-state index is 12.7. The molecule has 31 heavy (non-hydrogen) atoms. The molecule has 2 rings (SSSR count). The van der Waals surface area contributed by atoms with Gasteiger partial charge in [0.05, 0.1) is 13.2 Å². The predicted octanol–water partition coefficient (Wildman–Crippen LogP) is 5.61. The molecule has 2 aromatic carbocycles. The quantitative estimate of drug-likeness (QED) is 0.290. The van der Waals surface area contributed by atoms with Gasteiger partial charge in [0, 0.05) is 0 Å². The van der Waals surface area contributed by atoms with Crippen LogP contribution < -0.4 is 0 Å². The Morgan fingerprint density at radius 2 is 1.06 bits per heavy atom. The van der Waals surface area contributed by atoms with Crippen LogP contribution >= 0.6 is 0 Å². The maximum Gasteiger partial charge on any atom is 0.342 e. The molecule has 0 heterocycles. The Kier molecular flexibility index (Phi) is 11.6. The standard InChI is InChI=1S/C26H34O5/c1-3-5-17-23(29-19-21-13-9-7-10-14-21)25(27)31-26(28)24(18-6-4-2)30-20-22-15-11-8-12-16-22/h7-16,23-24H,3-6,17-20H2,1-2H3. The lowest BCUT2D eigenvalue weighted by atomic mass is 10.1. The smallest absolute Gasteiger partial charge is 0.342 e. The average molecular weight is 427 g/mol. The average Bonchev–Trinajstić information content (AvgIpc) is 2.80. The molecule has 2 atom stereocenters. The van der Waals surface area contributed by atoms with Crippen LogP contribution in [0.2, 0.25) is 0 Å². The van der Waals surface area contributed by atoms with Gasteiger partial charge in [-0.2, -0.15) is 0 Å². The Bertz CT molecular complexity index is 694. The first-order valence-corrected chi connectivity index (χ1v) is 11.2. The molecule has 2 aromatic rings. The highest BCUT2D eigenvalue weighted by molar-refractivity contribution is 5.90. The highest BCUT2D eigenvalue weighted by Crippen LogP contribution is 2.15. The normalized spacial score (nSPS) is 12.8. The largest absolute Gasteiger partial charge is 0.389 e. The van der Waals surface area contributed by atoms with Crippen molar-refractivity contribution in [1.29, 1.82) is 0 Å². The Labute approximate surface area is 185 Å². The summed E-state index contributed by atoms with van der Waals surface area (Å²) >= 11 is 0. The number of ether oxygens (including phenoxy) is 3. The van der Waals surface area contributed by atoms with E-state index in [2.05, 4.69) is 0 Å². The second kappa shape index (κ2) is 14.5. The van der Waals surface area contributed by atoms with Crippen LogP contribution in [0.15, 0.2) is 60.7 Å². The van der Waals surface area contributed by atoms with E-state index in [1.165, 1.54) is 0 Å². The molecule has 0 aliphatic rings. The monoisotopic (exact) mass is 426 g/mol. The van der Waals surface area contributed by atoms with Gasteiger partial charge in [-0.1, -0.05) is 100 Å². The van der Waals surface area contributed by atoms with Crippen LogP contribution in [0.1, 0.15) is 63.5 Å². The van der Waals surface area contributed by atoms with Crippen molar-refractivity contribution in [3.63, 3.8) is 0 Å². The van der Waals surface area contributed by atoms with Crippen molar-refractivity contribution < 1.29 is 23.8 Å². The summed E-state index contributed by atoms with van der Waals surface area (Å²) in [6.45, 7) is 4.68. The molecule has 0 bridgehead atoms. The van der Waals surface area contributed by atoms with Gasteiger partial charge in [0.2, 0.25) is 0 Å². The molecular weight excluding hydrogens is 392 g/mol.